The van der Waals surface area contributed by atoms with Crippen molar-refractivity contribution in [2.45, 2.75) is 12.2 Å². The standard InChI is InChI=1S/C14H16N2O2/c15-9-13(17)14(18)12-3-1-10(2-4-12)11-5-7-16-8-6-11/h1-8,13-14,17-18H,9,15H2. The van der Waals surface area contributed by atoms with Gasteiger partial charge in [-0.2, -0.15) is 0 Å². The van der Waals surface area contributed by atoms with Crippen LogP contribution in [-0.2, 0) is 0 Å². The Labute approximate surface area is 106 Å². The van der Waals surface area contributed by atoms with E-state index in [1.807, 2.05) is 24.3 Å². The monoisotopic (exact) mass is 244 g/mol. The molecule has 4 heteroatoms. The highest BCUT2D eigenvalue weighted by molar-refractivity contribution is 5.62. The molecule has 2 aromatic rings. The van der Waals surface area contributed by atoms with Gasteiger partial charge in [0.25, 0.3) is 0 Å². The lowest BCUT2D eigenvalue weighted by Crippen LogP contribution is -2.27. The minimum Gasteiger partial charge on any atom is -0.389 e. The second kappa shape index (κ2) is 5.73. The van der Waals surface area contributed by atoms with Crippen molar-refractivity contribution in [2.24, 2.45) is 5.73 Å². The van der Waals surface area contributed by atoms with Gasteiger partial charge in [0.05, 0.1) is 6.10 Å². The van der Waals surface area contributed by atoms with Crippen LogP contribution in [0.1, 0.15) is 11.7 Å². The van der Waals surface area contributed by atoms with Crippen LogP contribution in [0.2, 0.25) is 0 Å². The van der Waals surface area contributed by atoms with Crippen molar-refractivity contribution in [1.82, 2.24) is 4.98 Å². The Bertz CT molecular complexity index is 485. The van der Waals surface area contributed by atoms with Gasteiger partial charge in [0.2, 0.25) is 0 Å². The number of hydrogen-bond donors (Lipinski definition) is 3. The predicted molar refractivity (Wildman–Crippen MR) is 69.7 cm³/mol. The molecule has 4 nitrogen and oxygen atoms in total. The van der Waals surface area contributed by atoms with E-state index in [4.69, 9.17) is 5.73 Å². The number of nitrogens with zero attached hydrogens (tertiary/aromatic N) is 1. The van der Waals surface area contributed by atoms with E-state index < -0.39 is 12.2 Å². The third-order valence-electron chi connectivity index (χ3n) is 2.87. The summed E-state index contributed by atoms with van der Waals surface area (Å²) in [5.41, 5.74) is 8.07. The Balaban J connectivity index is 2.20. The number of hydrogen-bond acceptors (Lipinski definition) is 4. The Morgan fingerprint density at radius 3 is 2.06 bits per heavy atom. The van der Waals surface area contributed by atoms with Gasteiger partial charge in [-0.05, 0) is 28.8 Å². The SMILES string of the molecule is NCC(O)C(O)c1ccc(-c2ccncc2)cc1. The Hall–Kier alpha value is -1.75. The number of aliphatic hydroxyl groups is 2. The van der Waals surface area contributed by atoms with E-state index in [1.165, 1.54) is 0 Å². The summed E-state index contributed by atoms with van der Waals surface area (Å²) >= 11 is 0. The fourth-order valence-electron chi connectivity index (χ4n) is 1.77. The van der Waals surface area contributed by atoms with Crippen molar-refractivity contribution in [3.63, 3.8) is 0 Å². The summed E-state index contributed by atoms with van der Waals surface area (Å²) < 4.78 is 0. The number of pyridine rings is 1. The molecule has 0 aliphatic rings. The molecule has 2 unspecified atom stereocenters. The summed E-state index contributed by atoms with van der Waals surface area (Å²) in [5.74, 6) is 0. The molecule has 0 saturated heterocycles. The molecule has 1 heterocycles. The van der Waals surface area contributed by atoms with E-state index in [-0.39, 0.29) is 6.54 Å². The largest absolute Gasteiger partial charge is 0.389 e. The van der Waals surface area contributed by atoms with E-state index in [9.17, 15) is 10.2 Å². The zero-order valence-corrected chi connectivity index (χ0v) is 9.90. The van der Waals surface area contributed by atoms with E-state index in [1.54, 1.807) is 24.5 Å². The quantitative estimate of drug-likeness (QED) is 0.752. The molecule has 1 aromatic heterocycles. The van der Waals surface area contributed by atoms with Crippen LogP contribution in [0.15, 0.2) is 48.8 Å². The maximum absolute atomic E-state index is 9.81. The van der Waals surface area contributed by atoms with Crippen LogP contribution >= 0.6 is 0 Å². The summed E-state index contributed by atoms with van der Waals surface area (Å²) in [6.07, 6.45) is 1.59. The number of nitrogens with two attached hydrogens (primary N) is 1. The zero-order chi connectivity index (χ0) is 13.0. The van der Waals surface area contributed by atoms with Gasteiger partial charge in [-0.1, -0.05) is 24.3 Å². The second-order valence-electron chi connectivity index (χ2n) is 4.11. The minimum atomic E-state index is -0.943. The van der Waals surface area contributed by atoms with Crippen LogP contribution < -0.4 is 5.73 Å². The normalized spacial score (nSPS) is 14.2. The molecule has 0 aliphatic carbocycles. The third kappa shape index (κ3) is 2.73. The molecule has 0 fully saturated rings. The van der Waals surface area contributed by atoms with Gasteiger partial charge in [-0.3, -0.25) is 4.98 Å². The fraction of sp³-hybridized carbons (Fsp3) is 0.214. The van der Waals surface area contributed by atoms with Crippen molar-refractivity contribution in [2.75, 3.05) is 6.54 Å². The molecule has 0 bridgehead atoms. The molecule has 94 valence electrons. The number of aromatic nitrogens is 1. The third-order valence-corrected chi connectivity index (χ3v) is 2.87. The summed E-state index contributed by atoms with van der Waals surface area (Å²) in [4.78, 5) is 3.96. The van der Waals surface area contributed by atoms with Crippen LogP contribution in [0.4, 0.5) is 0 Å². The Kier molecular flexibility index (Phi) is 4.04. The van der Waals surface area contributed by atoms with Gasteiger partial charge >= 0.3 is 0 Å². The second-order valence-corrected chi connectivity index (χ2v) is 4.11. The van der Waals surface area contributed by atoms with Crippen molar-refractivity contribution >= 4 is 0 Å². The smallest absolute Gasteiger partial charge is 0.106 e. The average molecular weight is 244 g/mol. The molecule has 0 saturated carbocycles. The molecule has 0 amide bonds. The zero-order valence-electron chi connectivity index (χ0n) is 9.90. The lowest BCUT2D eigenvalue weighted by Gasteiger charge is -2.16. The van der Waals surface area contributed by atoms with E-state index in [2.05, 4.69) is 4.98 Å². The first kappa shape index (κ1) is 12.7. The first-order chi connectivity index (χ1) is 8.72. The molecule has 0 aliphatic heterocycles. The van der Waals surface area contributed by atoms with E-state index in [0.717, 1.165) is 11.1 Å². The molecule has 1 aromatic carbocycles. The highest BCUT2D eigenvalue weighted by atomic mass is 16.3. The Morgan fingerprint density at radius 1 is 0.944 bits per heavy atom. The summed E-state index contributed by atoms with van der Waals surface area (Å²) in [7, 11) is 0. The van der Waals surface area contributed by atoms with Gasteiger partial charge in [0.1, 0.15) is 6.10 Å². The topological polar surface area (TPSA) is 79.4 Å². The lowest BCUT2D eigenvalue weighted by atomic mass is 10.0. The van der Waals surface area contributed by atoms with Crippen LogP contribution in [-0.4, -0.2) is 27.8 Å². The number of aliphatic hydroxyl groups excluding tert-OH is 2. The summed E-state index contributed by atoms with van der Waals surface area (Å²) in [6.45, 7) is 0.0350. The molecular weight excluding hydrogens is 228 g/mol. The van der Waals surface area contributed by atoms with Gasteiger partial charge in [0.15, 0.2) is 0 Å². The average Bonchev–Trinajstić information content (AvgIpc) is 2.47. The highest BCUT2D eigenvalue weighted by Gasteiger charge is 2.16. The maximum Gasteiger partial charge on any atom is 0.106 e. The predicted octanol–water partition coefficient (Wildman–Crippen LogP) is 1.10. The van der Waals surface area contributed by atoms with Crippen LogP contribution in [0.3, 0.4) is 0 Å². The highest BCUT2D eigenvalue weighted by Crippen LogP contribution is 2.22. The van der Waals surface area contributed by atoms with Gasteiger partial charge < -0.3 is 15.9 Å². The van der Waals surface area contributed by atoms with Crippen LogP contribution in [0, 0.1) is 0 Å². The van der Waals surface area contributed by atoms with E-state index in [0.29, 0.717) is 5.56 Å². The molecule has 2 rings (SSSR count). The fourth-order valence-corrected chi connectivity index (χ4v) is 1.77. The van der Waals surface area contributed by atoms with Crippen LogP contribution in [0.25, 0.3) is 11.1 Å². The van der Waals surface area contributed by atoms with Gasteiger partial charge in [-0.25, -0.2) is 0 Å². The van der Waals surface area contributed by atoms with Crippen molar-refractivity contribution < 1.29 is 10.2 Å². The first-order valence-electron chi connectivity index (χ1n) is 5.79. The minimum absolute atomic E-state index is 0.0350. The summed E-state index contributed by atoms with van der Waals surface area (Å²) in [6, 6.07) is 11.2. The van der Waals surface area contributed by atoms with Crippen molar-refractivity contribution in [1.29, 1.82) is 0 Å². The lowest BCUT2D eigenvalue weighted by molar-refractivity contribution is 0.0243. The van der Waals surface area contributed by atoms with Gasteiger partial charge in [-0.15, -0.1) is 0 Å². The molecule has 4 N–H and O–H groups in total. The molecule has 2 atom stereocenters. The first-order valence-corrected chi connectivity index (χ1v) is 5.79. The summed E-state index contributed by atoms with van der Waals surface area (Å²) in [5, 5.41) is 19.3. The van der Waals surface area contributed by atoms with Crippen molar-refractivity contribution in [3.05, 3.63) is 54.4 Å². The van der Waals surface area contributed by atoms with Crippen molar-refractivity contribution in [3.8, 4) is 11.1 Å². The Morgan fingerprint density at radius 2 is 1.50 bits per heavy atom. The van der Waals surface area contributed by atoms with Crippen LogP contribution in [0.5, 0.6) is 0 Å². The van der Waals surface area contributed by atoms with Gasteiger partial charge in [0, 0.05) is 18.9 Å². The van der Waals surface area contributed by atoms with E-state index >= 15 is 0 Å². The number of benzene rings is 1. The number of rotatable bonds is 4. The maximum atomic E-state index is 9.81. The molecule has 18 heavy (non-hydrogen) atoms. The molecule has 0 spiro atoms. The molecule has 0 radical (unpaired) electrons. The molecular formula is C14H16N2O2.